The summed E-state index contributed by atoms with van der Waals surface area (Å²) in [6.45, 7) is 4.32. The number of aromatic nitrogens is 5. The molecule has 1 unspecified atom stereocenters. The van der Waals surface area contributed by atoms with E-state index in [0.717, 1.165) is 23.5 Å². The van der Waals surface area contributed by atoms with Crippen LogP contribution in [0, 0.1) is 40.1 Å². The fraction of sp³-hybridized carbons (Fsp3) is 0.308. The molecule has 10 nitrogen and oxygen atoms in total. The van der Waals surface area contributed by atoms with E-state index in [1.165, 1.54) is 37.2 Å². The van der Waals surface area contributed by atoms with Gasteiger partial charge in [-0.15, -0.1) is 0 Å². The first kappa shape index (κ1) is 25.5. The van der Waals surface area contributed by atoms with Crippen molar-refractivity contribution >= 4 is 21.7 Å². The van der Waals surface area contributed by atoms with E-state index in [4.69, 9.17) is 4.74 Å². The van der Waals surface area contributed by atoms with Gasteiger partial charge in [0.05, 0.1) is 15.9 Å². The molecule has 194 valence electrons. The standard InChI is InChI=1S/C26H23BrFN7O3/c1-15-7-21(8-18-14-33(13-17-3-4-17)32-23(18)11-29)34(31-15)24-6-5-20(28)10-22(24)16(2)38-25-9-19(27)12-30-26(25)35(36)37/h5-7,9-10,12,14,16-17H,3-4,8,13H2,1-2H3. The van der Waals surface area contributed by atoms with Gasteiger partial charge in [0.1, 0.15) is 18.0 Å². The molecular formula is C26H23BrFN7O3. The molecule has 0 amide bonds. The van der Waals surface area contributed by atoms with Crippen molar-refractivity contribution in [3.8, 4) is 17.5 Å². The Morgan fingerprint density at radius 2 is 2.11 bits per heavy atom. The van der Waals surface area contributed by atoms with E-state index in [9.17, 15) is 19.8 Å². The Balaban J connectivity index is 1.50. The van der Waals surface area contributed by atoms with Crippen LogP contribution < -0.4 is 4.74 Å². The van der Waals surface area contributed by atoms with Crippen LogP contribution in [-0.4, -0.2) is 29.5 Å². The Kier molecular flexibility index (Phi) is 6.94. The molecular weight excluding hydrogens is 557 g/mol. The van der Waals surface area contributed by atoms with Gasteiger partial charge in [-0.05, 0) is 82.7 Å². The Morgan fingerprint density at radius 3 is 2.82 bits per heavy atom. The molecule has 5 rings (SSSR count). The summed E-state index contributed by atoms with van der Waals surface area (Å²) in [4.78, 5) is 14.7. The maximum Gasteiger partial charge on any atom is 0.406 e. The van der Waals surface area contributed by atoms with E-state index in [-0.39, 0.29) is 5.75 Å². The molecule has 38 heavy (non-hydrogen) atoms. The van der Waals surface area contributed by atoms with Crippen LogP contribution in [0.3, 0.4) is 0 Å². The zero-order valence-electron chi connectivity index (χ0n) is 20.6. The Hall–Kier alpha value is -4.11. The first-order valence-electron chi connectivity index (χ1n) is 12.0. The second-order valence-electron chi connectivity index (χ2n) is 9.34. The van der Waals surface area contributed by atoms with Crippen LogP contribution in [0.1, 0.15) is 54.1 Å². The summed E-state index contributed by atoms with van der Waals surface area (Å²) in [5.74, 6) is -0.368. The van der Waals surface area contributed by atoms with E-state index >= 15 is 0 Å². The summed E-state index contributed by atoms with van der Waals surface area (Å²) in [7, 11) is 0. The van der Waals surface area contributed by atoms with Crippen LogP contribution in [-0.2, 0) is 13.0 Å². The third-order valence-corrected chi connectivity index (χ3v) is 6.73. The van der Waals surface area contributed by atoms with Gasteiger partial charge in [0.2, 0.25) is 5.75 Å². The quantitative estimate of drug-likeness (QED) is 0.187. The lowest BCUT2D eigenvalue weighted by molar-refractivity contribution is -0.390. The Labute approximate surface area is 226 Å². The molecule has 0 radical (unpaired) electrons. The van der Waals surface area contributed by atoms with E-state index < -0.39 is 22.7 Å². The zero-order valence-corrected chi connectivity index (χ0v) is 22.2. The second kappa shape index (κ2) is 10.3. The number of nitro groups is 1. The van der Waals surface area contributed by atoms with Gasteiger partial charge in [0.25, 0.3) is 0 Å². The predicted octanol–water partition coefficient (Wildman–Crippen LogP) is 5.59. The smallest absolute Gasteiger partial charge is 0.406 e. The highest BCUT2D eigenvalue weighted by atomic mass is 79.9. The van der Waals surface area contributed by atoms with Gasteiger partial charge in [-0.3, -0.25) is 4.68 Å². The van der Waals surface area contributed by atoms with Gasteiger partial charge < -0.3 is 14.9 Å². The molecule has 0 bridgehead atoms. The monoisotopic (exact) mass is 579 g/mol. The van der Waals surface area contributed by atoms with Crippen molar-refractivity contribution in [3.05, 3.63) is 91.3 Å². The van der Waals surface area contributed by atoms with E-state index in [2.05, 4.69) is 37.2 Å². The summed E-state index contributed by atoms with van der Waals surface area (Å²) in [6, 6.07) is 9.78. The summed E-state index contributed by atoms with van der Waals surface area (Å²) in [5.41, 5.74) is 3.64. The highest BCUT2D eigenvalue weighted by Crippen LogP contribution is 2.34. The van der Waals surface area contributed by atoms with E-state index in [0.29, 0.717) is 33.8 Å². The minimum atomic E-state index is -0.788. The third kappa shape index (κ3) is 5.43. The SMILES string of the molecule is Cc1cc(Cc2cn(CC3CC3)nc2C#N)n(-c2ccc(F)cc2C(C)Oc2cc(Br)cnc2[N+](=O)[O-])n1. The zero-order chi connectivity index (χ0) is 27.0. The molecule has 0 saturated heterocycles. The highest BCUT2D eigenvalue weighted by molar-refractivity contribution is 9.10. The number of pyridine rings is 1. The molecule has 1 saturated carbocycles. The minimum Gasteiger partial charge on any atom is -0.478 e. The minimum absolute atomic E-state index is 0.0503. The molecule has 0 aliphatic heterocycles. The number of halogens is 2. The molecule has 4 aromatic rings. The lowest BCUT2D eigenvalue weighted by Crippen LogP contribution is -2.12. The van der Waals surface area contributed by atoms with Crippen LogP contribution in [0.15, 0.2) is 47.2 Å². The fourth-order valence-electron chi connectivity index (χ4n) is 4.36. The molecule has 0 spiro atoms. The maximum absolute atomic E-state index is 14.4. The van der Waals surface area contributed by atoms with Crippen LogP contribution in [0.2, 0.25) is 0 Å². The summed E-state index contributed by atoms with van der Waals surface area (Å²) in [5, 5.41) is 30.2. The summed E-state index contributed by atoms with van der Waals surface area (Å²) in [6.07, 6.45) is 5.17. The predicted molar refractivity (Wildman–Crippen MR) is 138 cm³/mol. The molecule has 3 heterocycles. The van der Waals surface area contributed by atoms with Gasteiger partial charge in [0, 0.05) is 42.0 Å². The largest absolute Gasteiger partial charge is 0.478 e. The van der Waals surface area contributed by atoms with Crippen LogP contribution >= 0.6 is 15.9 Å². The average molecular weight is 580 g/mol. The van der Waals surface area contributed by atoms with Gasteiger partial charge in [-0.25, -0.2) is 9.07 Å². The number of ether oxygens (including phenoxy) is 1. The van der Waals surface area contributed by atoms with Crippen molar-refractivity contribution in [1.82, 2.24) is 24.5 Å². The van der Waals surface area contributed by atoms with Crippen molar-refractivity contribution in [2.75, 3.05) is 0 Å². The average Bonchev–Trinajstić information content (AvgIpc) is 3.49. The number of aryl methyl sites for hydroxylation is 1. The molecule has 1 atom stereocenters. The van der Waals surface area contributed by atoms with Crippen molar-refractivity contribution in [1.29, 1.82) is 5.26 Å². The van der Waals surface area contributed by atoms with Gasteiger partial charge in [-0.2, -0.15) is 15.5 Å². The van der Waals surface area contributed by atoms with Crippen molar-refractivity contribution in [2.45, 2.75) is 45.8 Å². The fourth-order valence-corrected chi connectivity index (χ4v) is 4.67. The molecule has 1 aliphatic rings. The molecule has 1 aromatic carbocycles. The molecule has 3 aromatic heterocycles. The molecule has 0 N–H and O–H groups in total. The maximum atomic E-state index is 14.4. The normalized spacial score (nSPS) is 13.8. The number of rotatable bonds is 9. The van der Waals surface area contributed by atoms with Crippen LogP contribution in [0.25, 0.3) is 5.69 Å². The van der Waals surface area contributed by atoms with Crippen molar-refractivity contribution in [3.63, 3.8) is 0 Å². The number of hydrogen-bond donors (Lipinski definition) is 0. The first-order valence-corrected chi connectivity index (χ1v) is 12.8. The highest BCUT2D eigenvalue weighted by Gasteiger charge is 2.25. The Morgan fingerprint density at radius 1 is 1.32 bits per heavy atom. The number of benzene rings is 1. The first-order chi connectivity index (χ1) is 18.2. The van der Waals surface area contributed by atoms with E-state index in [1.54, 1.807) is 17.7 Å². The third-order valence-electron chi connectivity index (χ3n) is 6.29. The van der Waals surface area contributed by atoms with E-state index in [1.807, 2.05) is 23.9 Å². The van der Waals surface area contributed by atoms with Crippen LogP contribution in [0.5, 0.6) is 5.75 Å². The lowest BCUT2D eigenvalue weighted by Gasteiger charge is -2.19. The molecule has 12 heteroatoms. The number of hydrogen-bond acceptors (Lipinski definition) is 7. The second-order valence-corrected chi connectivity index (χ2v) is 10.3. The molecule has 1 aliphatic carbocycles. The lowest BCUT2D eigenvalue weighted by atomic mass is 10.1. The van der Waals surface area contributed by atoms with Gasteiger partial charge in [0.15, 0.2) is 11.9 Å². The van der Waals surface area contributed by atoms with Crippen molar-refractivity contribution in [2.24, 2.45) is 5.92 Å². The topological polar surface area (TPSA) is 125 Å². The number of nitrogens with zero attached hydrogens (tertiary/aromatic N) is 7. The van der Waals surface area contributed by atoms with Crippen LogP contribution in [0.4, 0.5) is 10.2 Å². The number of nitriles is 1. The van der Waals surface area contributed by atoms with Gasteiger partial charge in [-0.1, -0.05) is 0 Å². The summed E-state index contributed by atoms with van der Waals surface area (Å²) >= 11 is 3.26. The molecule has 1 fully saturated rings. The van der Waals surface area contributed by atoms with Crippen molar-refractivity contribution < 1.29 is 14.1 Å². The summed E-state index contributed by atoms with van der Waals surface area (Å²) < 4.78 is 24.4. The van der Waals surface area contributed by atoms with Gasteiger partial charge >= 0.3 is 5.82 Å². The Bertz CT molecular complexity index is 1570.